The van der Waals surface area contributed by atoms with Gasteiger partial charge in [0.25, 0.3) is 5.79 Å². The molecule has 23 nitrogen and oxygen atoms in total. The summed E-state index contributed by atoms with van der Waals surface area (Å²) in [6.45, 7) is 2.14. The van der Waals surface area contributed by atoms with Crippen LogP contribution in [-0.4, -0.2) is 215 Å². The van der Waals surface area contributed by atoms with Gasteiger partial charge in [0, 0.05) is 19.8 Å². The molecule has 3 aliphatic heterocycles. The van der Waals surface area contributed by atoms with Gasteiger partial charge in [0.1, 0.15) is 67.1 Å². The highest BCUT2D eigenvalue weighted by molar-refractivity contribution is 5.77. The Morgan fingerprint density at radius 2 is 1.12 bits per heavy atom. The molecule has 496 valence electrons. The van der Waals surface area contributed by atoms with E-state index in [-0.39, 0.29) is 18.9 Å². The van der Waals surface area contributed by atoms with Crippen molar-refractivity contribution < 1.29 is 104 Å². The number of allylic oxidation sites excluding steroid dienone is 4. The largest absolute Gasteiger partial charge is 0.477 e. The number of hydrogen-bond acceptors (Lipinski definition) is 20. The van der Waals surface area contributed by atoms with E-state index >= 15 is 0 Å². The third-order valence-electron chi connectivity index (χ3n) is 16.4. The molecule has 3 saturated heterocycles. The molecule has 18 atom stereocenters. The van der Waals surface area contributed by atoms with Gasteiger partial charge in [-0.2, -0.15) is 0 Å². The average molecular weight is 1220 g/mol. The Morgan fingerprint density at radius 1 is 0.612 bits per heavy atom. The molecule has 0 aromatic rings. The lowest BCUT2D eigenvalue weighted by Crippen LogP contribution is -2.70. The van der Waals surface area contributed by atoms with Crippen LogP contribution < -0.4 is 10.6 Å². The lowest BCUT2D eigenvalue weighted by molar-refractivity contribution is -0.386. The predicted molar refractivity (Wildman–Crippen MR) is 315 cm³/mol. The molecule has 3 fully saturated rings. The third-order valence-corrected chi connectivity index (χ3v) is 16.4. The topological polar surface area (TPSA) is 373 Å². The van der Waals surface area contributed by atoms with Crippen molar-refractivity contribution in [1.82, 2.24) is 10.6 Å². The average Bonchev–Trinajstić information content (AvgIpc) is 1.25. The number of amides is 2. The predicted octanol–water partition coefficient (Wildman–Crippen LogP) is 4.11. The lowest BCUT2D eigenvalue weighted by Gasteiger charge is -2.50. The first-order chi connectivity index (χ1) is 40.9. The van der Waals surface area contributed by atoms with Crippen LogP contribution in [0.2, 0.25) is 0 Å². The molecule has 0 radical (unpaired) electrons. The standard InChI is InChI=1S/C62H112N2O21/c1-4-6-8-10-12-14-16-18-19-20-21-22-23-24-26-28-30-32-34-36-49(72)64-43(44(69)35-33-31-29-27-25-17-15-13-11-9-7-5-2)41-80-59-54(76)53(75)56(48(40-67)82-59)83-60-55(77)58(52(74)47(39-66)81-60)85-62(61(78)79)37-45(70)50(63-42(3)68)57(84-62)51(73)46(71)38-65/h12,14,16,18,43-48,50-60,65-67,69-71,73-77H,4-11,13,15,17,19-41H2,1-3H3,(H,63,68)(H,64,72)(H,78,79)/b14-12-,18-16-. The Labute approximate surface area is 504 Å². The van der Waals surface area contributed by atoms with Crippen LogP contribution in [0.3, 0.4) is 0 Å². The number of carbonyl (C=O) groups is 3. The molecule has 0 saturated carbocycles. The third kappa shape index (κ3) is 27.5. The molecule has 0 aliphatic carbocycles. The van der Waals surface area contributed by atoms with E-state index in [1.165, 1.54) is 96.3 Å². The molecule has 3 heterocycles. The first kappa shape index (κ1) is 76.5. The maximum Gasteiger partial charge on any atom is 0.364 e. The molecule has 0 aromatic carbocycles. The van der Waals surface area contributed by atoms with E-state index in [0.717, 1.165) is 71.1 Å². The molecule has 3 rings (SSSR count). The fourth-order valence-corrected chi connectivity index (χ4v) is 11.2. The van der Waals surface area contributed by atoms with Gasteiger partial charge in [0.15, 0.2) is 12.6 Å². The maximum absolute atomic E-state index is 13.4. The molecule has 0 aromatic heterocycles. The number of aliphatic hydroxyl groups is 11. The second-order valence-electron chi connectivity index (χ2n) is 23.7. The highest BCUT2D eigenvalue weighted by atomic mass is 16.8. The zero-order valence-corrected chi connectivity index (χ0v) is 51.2. The van der Waals surface area contributed by atoms with Crippen LogP contribution in [0.4, 0.5) is 0 Å². The number of nitrogens with one attached hydrogen (secondary N) is 2. The molecule has 0 spiro atoms. The Balaban J connectivity index is 1.62. The lowest BCUT2D eigenvalue weighted by atomic mass is 9.88. The van der Waals surface area contributed by atoms with E-state index in [2.05, 4.69) is 48.8 Å². The molecule has 23 heteroatoms. The molecule has 3 aliphatic rings. The number of aliphatic carboxylic acids is 1. The number of hydrogen-bond donors (Lipinski definition) is 14. The van der Waals surface area contributed by atoms with Crippen molar-refractivity contribution in [3.63, 3.8) is 0 Å². The highest BCUT2D eigenvalue weighted by Gasteiger charge is 2.60. The molecule has 85 heavy (non-hydrogen) atoms. The summed E-state index contributed by atoms with van der Waals surface area (Å²) in [5.41, 5.74) is 0. The molecular weight excluding hydrogens is 1110 g/mol. The summed E-state index contributed by atoms with van der Waals surface area (Å²) in [4.78, 5) is 38.4. The number of carbonyl (C=O) groups excluding carboxylic acids is 2. The molecular formula is C62H112N2O21. The van der Waals surface area contributed by atoms with Crippen LogP contribution in [0.15, 0.2) is 24.3 Å². The summed E-state index contributed by atoms with van der Waals surface area (Å²) in [6.07, 6.45) is 10.5. The Hall–Kier alpha value is -2.79. The van der Waals surface area contributed by atoms with Gasteiger partial charge in [-0.15, -0.1) is 0 Å². The minimum absolute atomic E-state index is 0.219. The summed E-state index contributed by atoms with van der Waals surface area (Å²) < 4.78 is 34.8. The number of rotatable bonds is 47. The van der Waals surface area contributed by atoms with E-state index in [0.29, 0.717) is 19.3 Å². The summed E-state index contributed by atoms with van der Waals surface area (Å²) in [5, 5.41) is 136. The van der Waals surface area contributed by atoms with E-state index in [4.69, 9.17) is 28.4 Å². The van der Waals surface area contributed by atoms with Crippen molar-refractivity contribution in [2.45, 2.75) is 323 Å². The van der Waals surface area contributed by atoms with Crippen molar-refractivity contribution in [2.75, 3.05) is 26.4 Å². The van der Waals surface area contributed by atoms with Gasteiger partial charge in [-0.25, -0.2) is 4.79 Å². The van der Waals surface area contributed by atoms with Crippen LogP contribution >= 0.6 is 0 Å². The van der Waals surface area contributed by atoms with Crippen LogP contribution in [0, 0.1) is 0 Å². The fourth-order valence-electron chi connectivity index (χ4n) is 11.2. The minimum Gasteiger partial charge on any atom is -0.477 e. The summed E-state index contributed by atoms with van der Waals surface area (Å²) in [5.74, 6) is -6.11. The van der Waals surface area contributed by atoms with E-state index in [9.17, 15) is 75.7 Å². The molecule has 2 amide bonds. The maximum atomic E-state index is 13.4. The minimum atomic E-state index is -3.08. The van der Waals surface area contributed by atoms with Crippen LogP contribution in [0.5, 0.6) is 0 Å². The first-order valence-electron chi connectivity index (χ1n) is 32.2. The van der Waals surface area contributed by atoms with Gasteiger partial charge >= 0.3 is 5.97 Å². The van der Waals surface area contributed by atoms with E-state index in [1.54, 1.807) is 0 Å². The second kappa shape index (κ2) is 43.8. The normalized spacial score (nSPS) is 29.7. The zero-order valence-electron chi connectivity index (χ0n) is 51.2. The number of carboxylic acid groups (broad SMARTS) is 1. The van der Waals surface area contributed by atoms with Gasteiger partial charge in [-0.1, -0.05) is 179 Å². The Bertz CT molecular complexity index is 1830. The number of ether oxygens (including phenoxy) is 6. The van der Waals surface area contributed by atoms with Crippen molar-refractivity contribution in [3.8, 4) is 0 Å². The number of aliphatic hydroxyl groups excluding tert-OH is 11. The molecule has 18 unspecified atom stereocenters. The van der Waals surface area contributed by atoms with Crippen LogP contribution in [-0.2, 0) is 42.8 Å². The van der Waals surface area contributed by atoms with Crippen molar-refractivity contribution in [1.29, 1.82) is 0 Å². The monoisotopic (exact) mass is 1220 g/mol. The van der Waals surface area contributed by atoms with Gasteiger partial charge in [-0.3, -0.25) is 9.59 Å². The molecule has 14 N–H and O–H groups in total. The Kier molecular flexibility index (Phi) is 39.4. The zero-order chi connectivity index (χ0) is 62.6. The van der Waals surface area contributed by atoms with Crippen LogP contribution in [0.25, 0.3) is 0 Å². The van der Waals surface area contributed by atoms with Crippen molar-refractivity contribution in [3.05, 3.63) is 24.3 Å². The summed E-state index contributed by atoms with van der Waals surface area (Å²) in [7, 11) is 0. The van der Waals surface area contributed by atoms with E-state index in [1.807, 2.05) is 0 Å². The number of carboxylic acids is 1. The second-order valence-corrected chi connectivity index (χ2v) is 23.7. The number of unbranched alkanes of at least 4 members (excludes halogenated alkanes) is 24. The fraction of sp³-hybridized carbons (Fsp3) is 0.887. The highest BCUT2D eigenvalue weighted by Crippen LogP contribution is 2.38. The molecule has 0 bridgehead atoms. The SMILES string of the molecule is CCCCC/C=C\C=C/CCCCCCCCCCCCC(=O)NC(COC1OC(CO)C(OC2OC(CO)C(O)C(OC3(C(=O)O)CC(O)C(NC(C)=O)C(C(O)C(O)CO)O3)C2O)C(O)C1O)C(O)CCCCCCCCCCCCCC. The van der Waals surface area contributed by atoms with Crippen molar-refractivity contribution >= 4 is 17.8 Å². The van der Waals surface area contributed by atoms with Crippen LogP contribution in [0.1, 0.15) is 213 Å². The quantitative estimate of drug-likeness (QED) is 0.0301. The van der Waals surface area contributed by atoms with Crippen molar-refractivity contribution in [2.24, 2.45) is 0 Å². The van der Waals surface area contributed by atoms with Gasteiger partial charge in [0.05, 0.1) is 50.7 Å². The Morgan fingerprint density at radius 3 is 1.65 bits per heavy atom. The van der Waals surface area contributed by atoms with Gasteiger partial charge in [-0.05, 0) is 38.5 Å². The van der Waals surface area contributed by atoms with Gasteiger partial charge in [0.2, 0.25) is 11.8 Å². The van der Waals surface area contributed by atoms with E-state index < -0.39 is 148 Å². The smallest absolute Gasteiger partial charge is 0.364 e. The summed E-state index contributed by atoms with van der Waals surface area (Å²) in [6, 6.07) is -2.53. The first-order valence-corrected chi connectivity index (χ1v) is 32.2. The van der Waals surface area contributed by atoms with Gasteiger partial charge < -0.3 is 100 Å². The summed E-state index contributed by atoms with van der Waals surface area (Å²) >= 11 is 0.